The van der Waals surface area contributed by atoms with Crippen molar-refractivity contribution in [2.75, 3.05) is 12.5 Å². The number of amidine groups is 1. The van der Waals surface area contributed by atoms with E-state index in [4.69, 9.17) is 16.4 Å². The van der Waals surface area contributed by atoms with Gasteiger partial charge in [0.2, 0.25) is 5.71 Å². The molecule has 0 saturated heterocycles. The monoisotopic (exact) mass is 334 g/mol. The molecular formula is C18H18N6O. The van der Waals surface area contributed by atoms with Gasteiger partial charge in [-0.15, -0.1) is 0 Å². The van der Waals surface area contributed by atoms with Crippen LogP contribution in [0.3, 0.4) is 0 Å². The number of nitrogens with one attached hydrogen (secondary N) is 2. The lowest BCUT2D eigenvalue weighted by Gasteiger charge is -2.19. The molecule has 0 atom stereocenters. The van der Waals surface area contributed by atoms with Crippen molar-refractivity contribution >= 4 is 23.1 Å². The average Bonchev–Trinajstić information content (AvgIpc) is 2.62. The summed E-state index contributed by atoms with van der Waals surface area (Å²) in [6, 6.07) is 18.2. The van der Waals surface area contributed by atoms with Crippen LogP contribution in [0.4, 0.5) is 5.69 Å². The summed E-state index contributed by atoms with van der Waals surface area (Å²) in [4.78, 5) is 14.3. The Morgan fingerprint density at radius 1 is 1.24 bits per heavy atom. The lowest BCUT2D eigenvalue weighted by atomic mass is 10.1. The van der Waals surface area contributed by atoms with Crippen molar-refractivity contribution in [2.45, 2.75) is 6.54 Å². The van der Waals surface area contributed by atoms with Gasteiger partial charge < -0.3 is 10.6 Å². The summed E-state index contributed by atoms with van der Waals surface area (Å²) in [7, 11) is 1.71. The van der Waals surface area contributed by atoms with Crippen LogP contribution >= 0.6 is 0 Å². The summed E-state index contributed by atoms with van der Waals surface area (Å²) in [5.41, 5.74) is 9.51. The summed E-state index contributed by atoms with van der Waals surface area (Å²) in [6.45, 7) is 0.466. The van der Waals surface area contributed by atoms with E-state index in [9.17, 15) is 4.79 Å². The molecule has 0 fully saturated rings. The van der Waals surface area contributed by atoms with E-state index < -0.39 is 5.84 Å². The molecule has 7 nitrogen and oxygen atoms in total. The van der Waals surface area contributed by atoms with Gasteiger partial charge in [0.05, 0.1) is 11.3 Å². The zero-order valence-electron chi connectivity index (χ0n) is 13.7. The zero-order valence-corrected chi connectivity index (χ0v) is 13.7. The Bertz CT molecular complexity index is 838. The molecule has 2 aromatic rings. The maximum absolute atomic E-state index is 12.7. The molecule has 0 aliphatic carbocycles. The number of anilines is 1. The first-order valence-corrected chi connectivity index (χ1v) is 7.49. The summed E-state index contributed by atoms with van der Waals surface area (Å²) in [6.07, 6.45) is 0. The highest BCUT2D eigenvalue weighted by atomic mass is 16.2. The summed E-state index contributed by atoms with van der Waals surface area (Å²) >= 11 is 0. The van der Waals surface area contributed by atoms with Crippen molar-refractivity contribution < 1.29 is 4.79 Å². The van der Waals surface area contributed by atoms with Gasteiger partial charge in [-0.2, -0.15) is 10.4 Å². The molecule has 126 valence electrons. The molecule has 0 radical (unpaired) electrons. The average molecular weight is 334 g/mol. The number of hydrazone groups is 1. The first kappa shape index (κ1) is 17.7. The lowest BCUT2D eigenvalue weighted by Crippen LogP contribution is -2.27. The van der Waals surface area contributed by atoms with Crippen molar-refractivity contribution in [3.8, 4) is 6.07 Å². The first-order chi connectivity index (χ1) is 12.0. The molecule has 0 aliphatic rings. The van der Waals surface area contributed by atoms with E-state index in [1.54, 1.807) is 42.3 Å². The van der Waals surface area contributed by atoms with Crippen LogP contribution in [0.15, 0.2) is 59.7 Å². The minimum Gasteiger partial charge on any atom is -0.382 e. The van der Waals surface area contributed by atoms with Gasteiger partial charge in [-0.25, -0.2) is 0 Å². The predicted octanol–water partition coefficient (Wildman–Crippen LogP) is 2.19. The van der Waals surface area contributed by atoms with E-state index >= 15 is 0 Å². The van der Waals surface area contributed by atoms with Gasteiger partial charge in [0, 0.05) is 13.6 Å². The van der Waals surface area contributed by atoms with Crippen molar-refractivity contribution in [1.29, 1.82) is 10.7 Å². The van der Waals surface area contributed by atoms with Crippen LogP contribution < -0.4 is 11.2 Å². The molecule has 0 heterocycles. The highest BCUT2D eigenvalue weighted by Crippen LogP contribution is 2.18. The number of carbonyl (C=O) groups is 1. The number of amides is 1. The number of rotatable bonds is 6. The molecule has 0 bridgehead atoms. The highest BCUT2D eigenvalue weighted by Gasteiger charge is 2.16. The van der Waals surface area contributed by atoms with Crippen LogP contribution in [0.5, 0.6) is 0 Å². The predicted molar refractivity (Wildman–Crippen MR) is 97.3 cm³/mol. The Labute approximate surface area is 145 Å². The standard InChI is InChI=1S/C18H18N6O/c1-24(12-13-7-3-2-4-8-13)18(25)14-9-5-6-10-15(14)22-23-16(11-19)17(20)21/h2-10,22H,12H2,1H3,(H3,20,21)/b23-16+. The largest absolute Gasteiger partial charge is 0.382 e. The van der Waals surface area contributed by atoms with Crippen molar-refractivity contribution in [3.05, 3.63) is 65.7 Å². The number of carbonyl (C=O) groups excluding carboxylic acids is 1. The molecule has 7 heteroatoms. The number of nitrogens with zero attached hydrogens (tertiary/aromatic N) is 3. The number of hydrogen-bond donors (Lipinski definition) is 3. The Kier molecular flexibility index (Phi) is 5.85. The molecule has 2 rings (SSSR count). The number of hydrogen-bond acceptors (Lipinski definition) is 5. The van der Waals surface area contributed by atoms with E-state index in [1.165, 1.54) is 0 Å². The molecule has 0 aliphatic heterocycles. The topological polar surface area (TPSA) is 118 Å². The minimum atomic E-state index is -0.444. The van der Waals surface area contributed by atoms with Crippen LogP contribution in [0.1, 0.15) is 15.9 Å². The zero-order chi connectivity index (χ0) is 18.2. The molecule has 1 amide bonds. The van der Waals surface area contributed by atoms with Crippen LogP contribution in [-0.2, 0) is 6.54 Å². The second-order valence-electron chi connectivity index (χ2n) is 5.29. The second-order valence-corrected chi connectivity index (χ2v) is 5.29. The Balaban J connectivity index is 2.20. The third kappa shape index (κ3) is 4.65. The molecule has 0 spiro atoms. The van der Waals surface area contributed by atoms with Crippen LogP contribution in [-0.4, -0.2) is 29.4 Å². The van der Waals surface area contributed by atoms with Gasteiger partial charge in [0.15, 0.2) is 5.84 Å². The van der Waals surface area contributed by atoms with Crippen molar-refractivity contribution in [3.63, 3.8) is 0 Å². The molecule has 0 aromatic heterocycles. The molecular weight excluding hydrogens is 316 g/mol. The number of benzene rings is 2. The fourth-order valence-electron chi connectivity index (χ4n) is 2.16. The van der Waals surface area contributed by atoms with Crippen molar-refractivity contribution in [1.82, 2.24) is 4.90 Å². The van der Waals surface area contributed by atoms with Gasteiger partial charge in [-0.05, 0) is 17.7 Å². The Hall–Kier alpha value is -3.66. The Morgan fingerprint density at radius 2 is 1.88 bits per heavy atom. The second kappa shape index (κ2) is 8.26. The van der Waals surface area contributed by atoms with Gasteiger partial charge >= 0.3 is 0 Å². The smallest absolute Gasteiger partial charge is 0.256 e. The third-order valence-electron chi connectivity index (χ3n) is 3.42. The summed E-state index contributed by atoms with van der Waals surface area (Å²) < 4.78 is 0. The van der Waals surface area contributed by atoms with E-state index in [1.807, 2.05) is 30.3 Å². The van der Waals surface area contributed by atoms with E-state index in [0.717, 1.165) is 5.56 Å². The fraction of sp³-hybridized carbons (Fsp3) is 0.111. The lowest BCUT2D eigenvalue weighted by molar-refractivity contribution is 0.0786. The number of nitriles is 1. The van der Waals surface area contributed by atoms with Gasteiger partial charge in [-0.3, -0.25) is 15.6 Å². The normalized spacial score (nSPS) is 10.6. The molecule has 0 unspecified atom stereocenters. The Morgan fingerprint density at radius 3 is 2.52 bits per heavy atom. The third-order valence-corrected chi connectivity index (χ3v) is 3.42. The first-order valence-electron chi connectivity index (χ1n) is 7.49. The SMILES string of the molecule is CN(Cc1ccccc1)C(=O)c1ccccc1N/N=C(\C#N)C(=N)N. The molecule has 0 saturated carbocycles. The quantitative estimate of drug-likeness (QED) is 0.426. The van der Waals surface area contributed by atoms with Crippen molar-refractivity contribution in [2.24, 2.45) is 10.8 Å². The highest BCUT2D eigenvalue weighted by molar-refractivity contribution is 6.45. The van der Waals surface area contributed by atoms with Crippen LogP contribution in [0.25, 0.3) is 0 Å². The number of para-hydroxylation sites is 1. The fourth-order valence-corrected chi connectivity index (χ4v) is 2.16. The minimum absolute atomic E-state index is 0.191. The van der Waals surface area contributed by atoms with Crippen LogP contribution in [0.2, 0.25) is 0 Å². The maximum Gasteiger partial charge on any atom is 0.256 e. The van der Waals surface area contributed by atoms with E-state index in [2.05, 4.69) is 10.5 Å². The van der Waals surface area contributed by atoms with E-state index in [-0.39, 0.29) is 11.6 Å². The molecule has 25 heavy (non-hydrogen) atoms. The molecule has 2 aromatic carbocycles. The number of nitrogens with two attached hydrogens (primary N) is 1. The van der Waals surface area contributed by atoms with Gasteiger partial charge in [0.25, 0.3) is 5.91 Å². The summed E-state index contributed by atoms with van der Waals surface area (Å²) in [5.74, 6) is -0.636. The maximum atomic E-state index is 12.7. The summed E-state index contributed by atoms with van der Waals surface area (Å²) in [5, 5.41) is 19.9. The van der Waals surface area contributed by atoms with Gasteiger partial charge in [0.1, 0.15) is 6.07 Å². The van der Waals surface area contributed by atoms with Gasteiger partial charge in [-0.1, -0.05) is 42.5 Å². The van der Waals surface area contributed by atoms with Crippen LogP contribution in [0, 0.1) is 16.7 Å². The van der Waals surface area contributed by atoms with E-state index in [0.29, 0.717) is 17.8 Å². The molecule has 4 N–H and O–H groups in total.